The highest BCUT2D eigenvalue weighted by Gasteiger charge is 2.09. The third-order valence-electron chi connectivity index (χ3n) is 4.24. The highest BCUT2D eigenvalue weighted by molar-refractivity contribution is 6.29. The molecular weight excluding hydrogens is 365 g/mol. The van der Waals surface area contributed by atoms with Crippen molar-refractivity contribution in [2.24, 2.45) is 0 Å². The number of hydrogen-bond donors (Lipinski definition) is 2. The molecule has 2 aromatic heterocycles. The van der Waals surface area contributed by atoms with Gasteiger partial charge in [-0.1, -0.05) is 12.0 Å². The largest absolute Gasteiger partial charge is 0.395 e. The van der Waals surface area contributed by atoms with Gasteiger partial charge < -0.3 is 15.7 Å². The Balaban J connectivity index is 0.000000321. The van der Waals surface area contributed by atoms with Crippen LogP contribution in [-0.4, -0.2) is 58.9 Å². The number of aryl methyl sites for hydroxylation is 1. The highest BCUT2D eigenvalue weighted by Crippen LogP contribution is 2.25. The minimum atomic E-state index is -0.0148. The van der Waals surface area contributed by atoms with Crippen LogP contribution in [0, 0.1) is 19.3 Å². The van der Waals surface area contributed by atoms with E-state index in [2.05, 4.69) is 20.9 Å². The van der Waals surface area contributed by atoms with Crippen LogP contribution in [0.5, 0.6) is 0 Å². The van der Waals surface area contributed by atoms with Crippen molar-refractivity contribution in [3.05, 3.63) is 41.5 Å². The lowest BCUT2D eigenvalue weighted by Gasteiger charge is -2.11. The number of nitrogens with zero attached hydrogens (tertiary/aromatic N) is 4. The number of amides is 1. The summed E-state index contributed by atoms with van der Waals surface area (Å²) >= 11 is 0. The van der Waals surface area contributed by atoms with Crippen LogP contribution >= 0.6 is 0 Å². The second-order valence-corrected chi connectivity index (χ2v) is 6.37. The van der Waals surface area contributed by atoms with Gasteiger partial charge in [0.1, 0.15) is 5.52 Å². The molecule has 0 bridgehead atoms. The number of anilines is 1. The predicted octanol–water partition coefficient (Wildman–Crippen LogP) is 0.815. The summed E-state index contributed by atoms with van der Waals surface area (Å²) in [5, 5.41) is 8.29. The van der Waals surface area contributed by atoms with Crippen molar-refractivity contribution in [2.75, 3.05) is 25.9 Å². The quantitative estimate of drug-likeness (QED) is 0.509. The zero-order valence-corrected chi connectivity index (χ0v) is 16.7. The Kier molecular flexibility index (Phi) is 7.29. The van der Waals surface area contributed by atoms with Crippen molar-refractivity contribution >= 4 is 36.3 Å². The van der Waals surface area contributed by atoms with Gasteiger partial charge in [0.25, 0.3) is 0 Å². The van der Waals surface area contributed by atoms with E-state index >= 15 is 0 Å². The Labute approximate surface area is 171 Å². The Morgan fingerprint density at radius 3 is 2.59 bits per heavy atom. The van der Waals surface area contributed by atoms with Gasteiger partial charge in [0.2, 0.25) is 5.91 Å². The van der Waals surface area contributed by atoms with E-state index in [4.69, 9.17) is 25.1 Å². The molecule has 1 amide bonds. The maximum absolute atomic E-state index is 10.3. The number of aromatic nitrogens is 3. The van der Waals surface area contributed by atoms with E-state index < -0.39 is 0 Å². The average Bonchev–Trinajstić information content (AvgIpc) is 2.69. The third-order valence-corrected chi connectivity index (χ3v) is 4.24. The van der Waals surface area contributed by atoms with E-state index in [1.54, 1.807) is 7.05 Å². The van der Waals surface area contributed by atoms with Crippen LogP contribution < -0.4 is 11.5 Å². The number of likely N-dealkylation sites (N-methyl/N-ethyl adjacent to an activating group) is 1. The molecule has 0 saturated heterocycles. The first-order valence-electron chi connectivity index (χ1n) is 8.86. The molecule has 0 aliphatic heterocycles. The lowest BCUT2D eigenvalue weighted by molar-refractivity contribution is -0.127. The number of hydrogen-bond acceptors (Lipinski definition) is 6. The standard InChI is InChI=1S/C16H11BN4.C5H11NO2/c1-3-10-5-4-9(2)11(8-10)12-6-7-13-14(19-12)15(18)21-16(17)20-13;1-5(8)6(2)3-4-7/h1,4-8H,2H3,(H2,18,20,21);7H,3-4H2,1-2H3. The number of nitrogen functional groups attached to an aromatic ring is 1. The van der Waals surface area contributed by atoms with Crippen molar-refractivity contribution in [3.8, 4) is 23.6 Å². The Morgan fingerprint density at radius 2 is 2.00 bits per heavy atom. The number of aliphatic hydroxyl groups is 1. The molecule has 0 fully saturated rings. The zero-order valence-electron chi connectivity index (χ0n) is 16.7. The minimum absolute atomic E-state index is 0.0148. The molecule has 3 aromatic rings. The van der Waals surface area contributed by atoms with Gasteiger partial charge in [-0.25, -0.2) is 15.0 Å². The molecule has 29 heavy (non-hydrogen) atoms. The molecule has 0 aliphatic carbocycles. The minimum Gasteiger partial charge on any atom is -0.395 e. The molecule has 0 atom stereocenters. The smallest absolute Gasteiger partial charge is 0.219 e. The predicted molar refractivity (Wildman–Crippen MR) is 116 cm³/mol. The van der Waals surface area contributed by atoms with Crippen LogP contribution in [0.1, 0.15) is 18.1 Å². The Morgan fingerprint density at radius 1 is 1.28 bits per heavy atom. The number of fused-ring (bicyclic) bond motifs is 1. The van der Waals surface area contributed by atoms with E-state index in [9.17, 15) is 4.79 Å². The van der Waals surface area contributed by atoms with Gasteiger partial charge in [-0.05, 0) is 36.8 Å². The number of carbonyl (C=O) groups is 1. The molecule has 0 spiro atoms. The topological polar surface area (TPSA) is 105 Å². The van der Waals surface area contributed by atoms with Crippen molar-refractivity contribution in [3.63, 3.8) is 0 Å². The zero-order chi connectivity index (χ0) is 21.6. The highest BCUT2D eigenvalue weighted by atomic mass is 16.3. The first-order valence-corrected chi connectivity index (χ1v) is 8.86. The summed E-state index contributed by atoms with van der Waals surface area (Å²) in [5.74, 6) is 2.88. The van der Waals surface area contributed by atoms with E-state index in [1.165, 1.54) is 11.8 Å². The van der Waals surface area contributed by atoms with Gasteiger partial charge in [0, 0.05) is 31.6 Å². The number of terminal acetylenes is 1. The van der Waals surface area contributed by atoms with Crippen LogP contribution in [0.3, 0.4) is 0 Å². The monoisotopic (exact) mass is 387 g/mol. The fourth-order valence-electron chi connectivity index (χ4n) is 2.50. The average molecular weight is 387 g/mol. The molecule has 3 N–H and O–H groups in total. The van der Waals surface area contributed by atoms with Crippen LogP contribution in [0.4, 0.5) is 5.82 Å². The van der Waals surface area contributed by atoms with Crippen molar-refractivity contribution in [1.82, 2.24) is 19.9 Å². The molecule has 2 radical (unpaired) electrons. The molecule has 0 saturated carbocycles. The van der Waals surface area contributed by atoms with Gasteiger partial charge in [-0.3, -0.25) is 4.79 Å². The van der Waals surface area contributed by atoms with Gasteiger partial charge in [-0.15, -0.1) is 6.42 Å². The first-order chi connectivity index (χ1) is 13.8. The van der Waals surface area contributed by atoms with Gasteiger partial charge in [0.15, 0.2) is 13.7 Å². The summed E-state index contributed by atoms with van der Waals surface area (Å²) in [6.45, 7) is 3.94. The summed E-state index contributed by atoms with van der Waals surface area (Å²) < 4.78 is 0. The van der Waals surface area contributed by atoms with E-state index in [0.717, 1.165) is 22.4 Å². The van der Waals surface area contributed by atoms with E-state index in [-0.39, 0.29) is 24.1 Å². The van der Waals surface area contributed by atoms with Crippen LogP contribution in [-0.2, 0) is 4.79 Å². The fraction of sp³-hybridized carbons (Fsp3) is 0.238. The second kappa shape index (κ2) is 9.67. The van der Waals surface area contributed by atoms with Crippen LogP contribution in [0.25, 0.3) is 22.3 Å². The molecule has 3 rings (SSSR count). The first kappa shape index (κ1) is 21.9. The second-order valence-electron chi connectivity index (χ2n) is 6.37. The summed E-state index contributed by atoms with van der Waals surface area (Å²) in [5.41, 5.74) is 10.8. The summed E-state index contributed by atoms with van der Waals surface area (Å²) in [6.07, 6.45) is 5.45. The SMILES string of the molecule is CC(=O)N(C)CCO.[B]c1nc(N)c2nc(-c3cc(C#C)ccc3C)ccc2n1. The molecular formula is C21H22BN5O2. The summed E-state index contributed by atoms with van der Waals surface area (Å²) in [7, 11) is 7.24. The number of rotatable bonds is 3. The van der Waals surface area contributed by atoms with Gasteiger partial charge in [-0.2, -0.15) is 0 Å². The van der Waals surface area contributed by atoms with Crippen molar-refractivity contribution < 1.29 is 9.90 Å². The van der Waals surface area contributed by atoms with E-state index in [0.29, 0.717) is 17.6 Å². The number of pyridine rings is 1. The normalized spacial score (nSPS) is 10.0. The number of aliphatic hydroxyl groups excluding tert-OH is 1. The van der Waals surface area contributed by atoms with Crippen LogP contribution in [0.15, 0.2) is 30.3 Å². The Hall–Kier alpha value is -3.44. The molecule has 1 aromatic carbocycles. The molecule has 0 aliphatic rings. The van der Waals surface area contributed by atoms with Gasteiger partial charge >= 0.3 is 0 Å². The maximum Gasteiger partial charge on any atom is 0.219 e. The summed E-state index contributed by atoms with van der Waals surface area (Å²) in [4.78, 5) is 24.4. The van der Waals surface area contributed by atoms with Gasteiger partial charge in [0.05, 0.1) is 23.5 Å². The summed E-state index contributed by atoms with van der Waals surface area (Å²) in [6, 6.07) is 9.50. The van der Waals surface area contributed by atoms with E-state index in [1.807, 2.05) is 37.3 Å². The number of benzene rings is 1. The maximum atomic E-state index is 10.3. The molecule has 146 valence electrons. The number of nitrogens with two attached hydrogens (primary N) is 1. The Bertz CT molecular complexity index is 1080. The lowest BCUT2D eigenvalue weighted by atomic mass is 10.0. The lowest BCUT2D eigenvalue weighted by Crippen LogP contribution is -2.26. The fourth-order valence-corrected chi connectivity index (χ4v) is 2.50. The molecule has 8 heteroatoms. The van der Waals surface area contributed by atoms with Crippen molar-refractivity contribution in [2.45, 2.75) is 13.8 Å². The third kappa shape index (κ3) is 5.53. The number of carbonyl (C=O) groups excluding carboxylic acids is 1. The van der Waals surface area contributed by atoms with Crippen molar-refractivity contribution in [1.29, 1.82) is 0 Å². The molecule has 0 unspecified atom stereocenters. The molecule has 2 heterocycles. The van der Waals surface area contributed by atoms with Crippen LogP contribution in [0.2, 0.25) is 0 Å². The molecule has 7 nitrogen and oxygen atoms in total.